The van der Waals surface area contributed by atoms with Crippen molar-refractivity contribution in [3.8, 4) is 0 Å². The Bertz CT molecular complexity index is 256. The molecule has 1 rings (SSSR count). The van der Waals surface area contributed by atoms with Crippen LogP contribution in [0.5, 0.6) is 0 Å². The van der Waals surface area contributed by atoms with E-state index in [1.807, 2.05) is 21.0 Å². The number of nitrogens with one attached hydrogen (secondary N) is 2. The maximum atomic E-state index is 11.9. The van der Waals surface area contributed by atoms with Crippen LogP contribution in [0.1, 0.15) is 20.8 Å². The molecule has 0 bridgehead atoms. The summed E-state index contributed by atoms with van der Waals surface area (Å²) in [4.78, 5) is 14.0. The second-order valence-electron chi connectivity index (χ2n) is 5.63. The van der Waals surface area contributed by atoms with Gasteiger partial charge in [0.15, 0.2) is 0 Å². The molecule has 18 heavy (non-hydrogen) atoms. The van der Waals surface area contributed by atoms with E-state index in [0.717, 1.165) is 13.1 Å². The molecule has 1 fully saturated rings. The zero-order valence-corrected chi connectivity index (χ0v) is 13.6. The van der Waals surface area contributed by atoms with Crippen molar-refractivity contribution in [2.45, 2.75) is 26.3 Å². The maximum absolute atomic E-state index is 11.9. The summed E-state index contributed by atoms with van der Waals surface area (Å²) in [6.07, 6.45) is 0. The van der Waals surface area contributed by atoms with Crippen molar-refractivity contribution >= 4 is 30.7 Å². The van der Waals surface area contributed by atoms with E-state index in [2.05, 4.69) is 29.4 Å². The van der Waals surface area contributed by atoms with Crippen molar-refractivity contribution in [1.82, 2.24) is 15.5 Å². The topological polar surface area (TPSA) is 44.4 Å². The lowest BCUT2D eigenvalue weighted by atomic mass is 9.88. The van der Waals surface area contributed by atoms with E-state index in [4.69, 9.17) is 0 Å². The molecule has 1 aliphatic rings. The molecule has 6 heteroatoms. The van der Waals surface area contributed by atoms with Crippen LogP contribution in [-0.4, -0.2) is 50.1 Å². The van der Waals surface area contributed by atoms with Crippen LogP contribution in [0, 0.1) is 11.8 Å². The molecule has 0 radical (unpaired) electrons. The van der Waals surface area contributed by atoms with E-state index in [-0.39, 0.29) is 42.2 Å². The predicted octanol–water partition coefficient (Wildman–Crippen LogP) is 1.14. The Kier molecular flexibility index (Phi) is 9.25. The molecule has 110 valence electrons. The Morgan fingerprint density at radius 3 is 2.22 bits per heavy atom. The molecule has 1 aliphatic heterocycles. The van der Waals surface area contributed by atoms with E-state index in [1.54, 1.807) is 0 Å². The number of amides is 1. The summed E-state index contributed by atoms with van der Waals surface area (Å²) in [5.41, 5.74) is 0.00719. The van der Waals surface area contributed by atoms with Crippen molar-refractivity contribution in [3.63, 3.8) is 0 Å². The van der Waals surface area contributed by atoms with Gasteiger partial charge in [0.25, 0.3) is 0 Å². The van der Waals surface area contributed by atoms with E-state index in [9.17, 15) is 4.79 Å². The van der Waals surface area contributed by atoms with Gasteiger partial charge in [0, 0.05) is 18.0 Å². The Hall–Kier alpha value is -0.0300. The average Bonchev–Trinajstić information content (AvgIpc) is 2.11. The second-order valence-corrected chi connectivity index (χ2v) is 5.63. The number of hydrogen-bond acceptors (Lipinski definition) is 3. The molecule has 2 N–H and O–H groups in total. The van der Waals surface area contributed by atoms with E-state index in [1.165, 1.54) is 0 Å². The van der Waals surface area contributed by atoms with Gasteiger partial charge in [-0.1, -0.05) is 6.92 Å². The standard InChI is InChI=1S/C12H25N3O.2ClH/c1-9(10-6-13-7-10)11(16)14-8-12(2,3)15(4)5;;/h9-10,13H,6-8H2,1-5H3,(H,14,16);2*1H. The fourth-order valence-electron chi connectivity index (χ4n) is 1.50. The molecule has 0 aromatic heterocycles. The molecule has 0 saturated carbocycles. The van der Waals surface area contributed by atoms with Gasteiger partial charge in [-0.2, -0.15) is 0 Å². The first-order valence-electron chi connectivity index (χ1n) is 6.00. The van der Waals surface area contributed by atoms with E-state index < -0.39 is 0 Å². The Morgan fingerprint density at radius 1 is 1.39 bits per heavy atom. The normalized spacial score (nSPS) is 17.2. The number of likely N-dealkylation sites (N-methyl/N-ethyl adjacent to an activating group) is 1. The van der Waals surface area contributed by atoms with Gasteiger partial charge < -0.3 is 15.5 Å². The highest BCUT2D eigenvalue weighted by atomic mass is 35.5. The fraction of sp³-hybridized carbons (Fsp3) is 0.917. The van der Waals surface area contributed by atoms with Crippen molar-refractivity contribution in [3.05, 3.63) is 0 Å². The van der Waals surface area contributed by atoms with Crippen LogP contribution in [0.4, 0.5) is 0 Å². The first-order valence-corrected chi connectivity index (χ1v) is 6.00. The molecule has 0 aliphatic carbocycles. The molecule has 0 aromatic rings. The smallest absolute Gasteiger partial charge is 0.223 e. The molecule has 1 amide bonds. The first kappa shape index (κ1) is 20.3. The van der Waals surface area contributed by atoms with Crippen molar-refractivity contribution in [2.75, 3.05) is 33.7 Å². The molecule has 1 atom stereocenters. The monoisotopic (exact) mass is 299 g/mol. The summed E-state index contributed by atoms with van der Waals surface area (Å²) in [6, 6.07) is 0. The number of rotatable bonds is 5. The number of nitrogens with zero attached hydrogens (tertiary/aromatic N) is 1. The van der Waals surface area contributed by atoms with Gasteiger partial charge in [0.2, 0.25) is 5.91 Å². The lowest BCUT2D eigenvalue weighted by Crippen LogP contribution is -2.53. The molecule has 4 nitrogen and oxygen atoms in total. The van der Waals surface area contributed by atoms with Gasteiger partial charge >= 0.3 is 0 Å². The van der Waals surface area contributed by atoms with E-state index >= 15 is 0 Å². The van der Waals surface area contributed by atoms with Gasteiger partial charge in [-0.05, 0) is 47.0 Å². The number of carbonyl (C=O) groups is 1. The Labute approximate surface area is 123 Å². The van der Waals surface area contributed by atoms with Gasteiger partial charge in [-0.3, -0.25) is 4.79 Å². The third kappa shape index (κ3) is 5.31. The molecule has 1 heterocycles. The number of hydrogen-bond donors (Lipinski definition) is 2. The quantitative estimate of drug-likeness (QED) is 0.800. The van der Waals surface area contributed by atoms with Crippen LogP contribution in [0.3, 0.4) is 0 Å². The van der Waals surface area contributed by atoms with Crippen LogP contribution >= 0.6 is 24.8 Å². The third-order valence-electron chi connectivity index (χ3n) is 3.84. The van der Waals surface area contributed by atoms with Gasteiger partial charge in [-0.25, -0.2) is 0 Å². The minimum absolute atomic E-state index is 0. The highest BCUT2D eigenvalue weighted by Crippen LogP contribution is 2.16. The predicted molar refractivity (Wildman–Crippen MR) is 80.8 cm³/mol. The van der Waals surface area contributed by atoms with Crippen molar-refractivity contribution < 1.29 is 4.79 Å². The Balaban J connectivity index is 0. The van der Waals surface area contributed by atoms with Gasteiger partial charge in [-0.15, -0.1) is 24.8 Å². The number of carbonyl (C=O) groups excluding carboxylic acids is 1. The highest BCUT2D eigenvalue weighted by Gasteiger charge is 2.30. The zero-order valence-electron chi connectivity index (χ0n) is 11.9. The molecule has 0 spiro atoms. The van der Waals surface area contributed by atoms with Crippen LogP contribution in [0.15, 0.2) is 0 Å². The minimum Gasteiger partial charge on any atom is -0.354 e. The largest absolute Gasteiger partial charge is 0.354 e. The first-order chi connectivity index (χ1) is 7.34. The van der Waals surface area contributed by atoms with Gasteiger partial charge in [0.1, 0.15) is 0 Å². The number of halogens is 2. The summed E-state index contributed by atoms with van der Waals surface area (Å²) in [7, 11) is 4.07. The molecule has 0 aromatic carbocycles. The van der Waals surface area contributed by atoms with Crippen LogP contribution in [0.25, 0.3) is 0 Å². The summed E-state index contributed by atoms with van der Waals surface area (Å²) >= 11 is 0. The summed E-state index contributed by atoms with van der Waals surface area (Å²) in [6.45, 7) is 8.93. The lowest BCUT2D eigenvalue weighted by molar-refractivity contribution is -0.127. The Morgan fingerprint density at radius 2 is 1.89 bits per heavy atom. The van der Waals surface area contributed by atoms with Crippen molar-refractivity contribution in [2.24, 2.45) is 11.8 Å². The van der Waals surface area contributed by atoms with Gasteiger partial charge in [0.05, 0.1) is 0 Å². The molecular weight excluding hydrogens is 273 g/mol. The molecule has 1 saturated heterocycles. The van der Waals surface area contributed by atoms with Crippen LogP contribution in [-0.2, 0) is 4.79 Å². The SMILES string of the molecule is CC(C(=O)NCC(C)(C)N(C)C)C1CNC1.Cl.Cl. The maximum Gasteiger partial charge on any atom is 0.223 e. The van der Waals surface area contributed by atoms with Crippen LogP contribution in [0.2, 0.25) is 0 Å². The minimum atomic E-state index is 0. The van der Waals surface area contributed by atoms with Crippen LogP contribution < -0.4 is 10.6 Å². The lowest BCUT2D eigenvalue weighted by Gasteiger charge is -2.35. The third-order valence-corrected chi connectivity index (χ3v) is 3.84. The summed E-state index contributed by atoms with van der Waals surface area (Å²) in [5, 5.41) is 6.24. The molecular formula is C12H27Cl2N3O. The highest BCUT2D eigenvalue weighted by molar-refractivity contribution is 5.85. The van der Waals surface area contributed by atoms with E-state index in [0.29, 0.717) is 12.5 Å². The zero-order chi connectivity index (χ0) is 12.3. The molecule has 1 unspecified atom stereocenters. The fourth-order valence-corrected chi connectivity index (χ4v) is 1.50. The average molecular weight is 300 g/mol. The summed E-state index contributed by atoms with van der Waals surface area (Å²) < 4.78 is 0. The van der Waals surface area contributed by atoms with Crippen molar-refractivity contribution in [1.29, 1.82) is 0 Å². The summed E-state index contributed by atoms with van der Waals surface area (Å²) in [5.74, 6) is 0.822. The second kappa shape index (κ2) is 8.20.